The Hall–Kier alpha value is -1.10. The molecule has 2 rings (SSSR count). The van der Waals surface area contributed by atoms with Crippen molar-refractivity contribution in [2.75, 3.05) is 39.4 Å². The number of rotatable bonds is 4. The predicted molar refractivity (Wildman–Crippen MR) is 80.8 cm³/mol. The summed E-state index contributed by atoms with van der Waals surface area (Å²) in [6, 6.07) is 0. The number of likely N-dealkylation sites (tertiary alicyclic amines) is 2. The van der Waals surface area contributed by atoms with E-state index < -0.39 is 0 Å². The van der Waals surface area contributed by atoms with E-state index in [1.165, 1.54) is 0 Å². The van der Waals surface area contributed by atoms with Crippen LogP contribution in [0.25, 0.3) is 0 Å². The van der Waals surface area contributed by atoms with Gasteiger partial charge in [-0.3, -0.25) is 9.59 Å². The molecule has 5 nitrogen and oxygen atoms in total. The molecule has 0 aromatic heterocycles. The Balaban J connectivity index is 1.81. The molecule has 120 valence electrons. The monoisotopic (exact) mass is 296 g/mol. The van der Waals surface area contributed by atoms with Crippen LogP contribution in [0, 0.1) is 11.8 Å². The van der Waals surface area contributed by atoms with Crippen molar-refractivity contribution in [3.63, 3.8) is 0 Å². The van der Waals surface area contributed by atoms with Crippen molar-refractivity contribution >= 4 is 11.8 Å². The highest BCUT2D eigenvalue weighted by Crippen LogP contribution is 2.24. The number of piperidine rings is 2. The Morgan fingerprint density at radius 1 is 1.10 bits per heavy atom. The molecule has 5 heteroatoms. The van der Waals surface area contributed by atoms with Crippen molar-refractivity contribution in [3.8, 4) is 0 Å². The molecule has 0 N–H and O–H groups in total. The number of nitrogens with zero attached hydrogens (tertiary/aromatic N) is 2. The SMILES string of the molecule is CCOCC1CCCN(C(=O)C2CCN(C(C)=O)CC2)C1. The summed E-state index contributed by atoms with van der Waals surface area (Å²) in [5.74, 6) is 1.00. The molecule has 21 heavy (non-hydrogen) atoms. The van der Waals surface area contributed by atoms with Crippen molar-refractivity contribution in [2.45, 2.75) is 39.5 Å². The standard InChI is InChI=1S/C16H28N2O3/c1-3-21-12-14-5-4-8-18(11-14)16(20)15-6-9-17(10-7-15)13(2)19/h14-15H,3-12H2,1-2H3. The maximum atomic E-state index is 12.6. The molecule has 0 bridgehead atoms. The van der Waals surface area contributed by atoms with E-state index in [0.717, 1.165) is 65.1 Å². The lowest BCUT2D eigenvalue weighted by Gasteiger charge is -2.37. The first-order valence-corrected chi connectivity index (χ1v) is 8.23. The van der Waals surface area contributed by atoms with Gasteiger partial charge in [0.15, 0.2) is 0 Å². The highest BCUT2D eigenvalue weighted by atomic mass is 16.5. The summed E-state index contributed by atoms with van der Waals surface area (Å²) in [5, 5.41) is 0. The molecule has 2 amide bonds. The summed E-state index contributed by atoms with van der Waals surface area (Å²) in [6.45, 7) is 8.29. The Bertz CT molecular complexity index is 365. The molecular weight excluding hydrogens is 268 g/mol. The minimum absolute atomic E-state index is 0.103. The smallest absolute Gasteiger partial charge is 0.225 e. The molecular formula is C16H28N2O3. The molecule has 0 aliphatic carbocycles. The van der Waals surface area contributed by atoms with Crippen molar-refractivity contribution in [1.82, 2.24) is 9.80 Å². The summed E-state index contributed by atoms with van der Waals surface area (Å²) in [4.78, 5) is 27.8. The van der Waals surface area contributed by atoms with Crippen LogP contribution in [0.1, 0.15) is 39.5 Å². The zero-order valence-electron chi connectivity index (χ0n) is 13.3. The van der Waals surface area contributed by atoms with Gasteiger partial charge in [0.25, 0.3) is 0 Å². The van der Waals surface area contributed by atoms with E-state index in [9.17, 15) is 9.59 Å². The molecule has 0 spiro atoms. The molecule has 2 aliphatic rings. The van der Waals surface area contributed by atoms with Crippen molar-refractivity contribution in [1.29, 1.82) is 0 Å². The number of amides is 2. The lowest BCUT2D eigenvalue weighted by atomic mass is 9.92. The first-order chi connectivity index (χ1) is 10.1. The Labute approximate surface area is 127 Å². The number of ether oxygens (including phenoxy) is 1. The van der Waals surface area contributed by atoms with Gasteiger partial charge in [0, 0.05) is 45.6 Å². The average molecular weight is 296 g/mol. The van der Waals surface area contributed by atoms with Crippen LogP contribution < -0.4 is 0 Å². The second-order valence-electron chi connectivity index (χ2n) is 6.23. The molecule has 0 aromatic carbocycles. The summed E-state index contributed by atoms with van der Waals surface area (Å²) in [6.07, 6.45) is 3.86. The van der Waals surface area contributed by atoms with Crippen LogP contribution in [-0.2, 0) is 14.3 Å². The Kier molecular flexibility index (Phi) is 6.03. The second kappa shape index (κ2) is 7.78. The first kappa shape index (κ1) is 16.3. The molecule has 2 saturated heterocycles. The van der Waals surface area contributed by atoms with Crippen LogP contribution in [0.4, 0.5) is 0 Å². The van der Waals surface area contributed by atoms with Crippen LogP contribution >= 0.6 is 0 Å². The summed E-state index contributed by atoms with van der Waals surface area (Å²) in [7, 11) is 0. The molecule has 0 aromatic rings. The van der Waals surface area contributed by atoms with E-state index >= 15 is 0 Å². The van der Waals surface area contributed by atoms with Crippen LogP contribution in [0.3, 0.4) is 0 Å². The fraction of sp³-hybridized carbons (Fsp3) is 0.875. The number of carbonyl (C=O) groups excluding carboxylic acids is 2. The van der Waals surface area contributed by atoms with E-state index in [4.69, 9.17) is 4.74 Å². The average Bonchev–Trinajstić information content (AvgIpc) is 2.52. The van der Waals surface area contributed by atoms with Crippen LogP contribution in [0.15, 0.2) is 0 Å². The number of hydrogen-bond donors (Lipinski definition) is 0. The molecule has 0 saturated carbocycles. The van der Waals surface area contributed by atoms with Crippen LogP contribution in [0.2, 0.25) is 0 Å². The van der Waals surface area contributed by atoms with Gasteiger partial charge in [-0.2, -0.15) is 0 Å². The summed E-state index contributed by atoms with van der Waals surface area (Å²) in [5.41, 5.74) is 0. The van der Waals surface area contributed by atoms with Crippen LogP contribution in [-0.4, -0.2) is 61.0 Å². The Morgan fingerprint density at radius 2 is 1.81 bits per heavy atom. The topological polar surface area (TPSA) is 49.9 Å². The van der Waals surface area contributed by atoms with Gasteiger partial charge < -0.3 is 14.5 Å². The maximum Gasteiger partial charge on any atom is 0.225 e. The molecule has 2 aliphatic heterocycles. The van der Waals surface area contributed by atoms with Crippen molar-refractivity contribution in [3.05, 3.63) is 0 Å². The summed E-state index contributed by atoms with van der Waals surface area (Å²) < 4.78 is 5.50. The van der Waals surface area contributed by atoms with Gasteiger partial charge in [0.05, 0.1) is 6.61 Å². The molecule has 2 heterocycles. The lowest BCUT2D eigenvalue weighted by molar-refractivity contribution is -0.141. The van der Waals surface area contributed by atoms with Gasteiger partial charge in [0.1, 0.15) is 0 Å². The van der Waals surface area contributed by atoms with Gasteiger partial charge in [0.2, 0.25) is 11.8 Å². The van der Waals surface area contributed by atoms with E-state index in [-0.39, 0.29) is 11.8 Å². The highest BCUT2D eigenvalue weighted by molar-refractivity contribution is 5.79. The fourth-order valence-corrected chi connectivity index (χ4v) is 3.39. The third-order valence-electron chi connectivity index (χ3n) is 4.68. The zero-order valence-corrected chi connectivity index (χ0v) is 13.3. The fourth-order valence-electron chi connectivity index (χ4n) is 3.39. The minimum atomic E-state index is 0.103. The third kappa shape index (κ3) is 4.43. The molecule has 1 atom stereocenters. The third-order valence-corrected chi connectivity index (χ3v) is 4.68. The first-order valence-electron chi connectivity index (χ1n) is 8.23. The normalized spacial score (nSPS) is 24.2. The Morgan fingerprint density at radius 3 is 2.43 bits per heavy atom. The molecule has 2 fully saturated rings. The maximum absolute atomic E-state index is 12.6. The minimum Gasteiger partial charge on any atom is -0.381 e. The largest absolute Gasteiger partial charge is 0.381 e. The highest BCUT2D eigenvalue weighted by Gasteiger charge is 2.31. The quantitative estimate of drug-likeness (QED) is 0.790. The van der Waals surface area contributed by atoms with Crippen molar-refractivity contribution < 1.29 is 14.3 Å². The van der Waals surface area contributed by atoms with Gasteiger partial charge in [-0.15, -0.1) is 0 Å². The van der Waals surface area contributed by atoms with E-state index in [1.807, 2.05) is 16.7 Å². The predicted octanol–water partition coefficient (Wildman–Crippen LogP) is 1.52. The van der Waals surface area contributed by atoms with E-state index in [0.29, 0.717) is 11.8 Å². The van der Waals surface area contributed by atoms with Crippen LogP contribution in [0.5, 0.6) is 0 Å². The number of carbonyl (C=O) groups is 2. The van der Waals surface area contributed by atoms with Gasteiger partial charge in [-0.05, 0) is 38.5 Å². The van der Waals surface area contributed by atoms with Gasteiger partial charge >= 0.3 is 0 Å². The number of hydrogen-bond acceptors (Lipinski definition) is 3. The van der Waals surface area contributed by atoms with Gasteiger partial charge in [-0.1, -0.05) is 0 Å². The lowest BCUT2D eigenvalue weighted by Crippen LogP contribution is -2.47. The molecule has 1 unspecified atom stereocenters. The molecule has 0 radical (unpaired) electrons. The second-order valence-corrected chi connectivity index (χ2v) is 6.23. The van der Waals surface area contributed by atoms with E-state index in [2.05, 4.69) is 0 Å². The van der Waals surface area contributed by atoms with Crippen molar-refractivity contribution in [2.24, 2.45) is 11.8 Å². The van der Waals surface area contributed by atoms with E-state index in [1.54, 1.807) is 6.92 Å². The summed E-state index contributed by atoms with van der Waals surface area (Å²) >= 11 is 0. The zero-order chi connectivity index (χ0) is 15.2. The van der Waals surface area contributed by atoms with Gasteiger partial charge in [-0.25, -0.2) is 0 Å².